The lowest BCUT2D eigenvalue weighted by atomic mass is 10.2. The zero-order chi connectivity index (χ0) is 20.5. The van der Waals surface area contributed by atoms with Gasteiger partial charge in [-0.15, -0.1) is 0 Å². The van der Waals surface area contributed by atoms with Crippen LogP contribution in [0.2, 0.25) is 5.02 Å². The Morgan fingerprint density at radius 2 is 1.64 bits per heavy atom. The fraction of sp³-hybridized carbons (Fsp3) is 0.278. The molecule has 28 heavy (non-hydrogen) atoms. The molecule has 150 valence electrons. The molecule has 0 spiro atoms. The first kappa shape index (κ1) is 20.6. The van der Waals surface area contributed by atoms with Gasteiger partial charge in [0.05, 0.1) is 20.4 Å². The van der Waals surface area contributed by atoms with Crippen molar-refractivity contribution in [3.8, 4) is 0 Å². The van der Waals surface area contributed by atoms with Crippen molar-refractivity contribution in [1.82, 2.24) is 5.32 Å². The van der Waals surface area contributed by atoms with E-state index in [2.05, 4.69) is 10.0 Å². The van der Waals surface area contributed by atoms with E-state index in [4.69, 9.17) is 11.6 Å². The highest BCUT2D eigenvalue weighted by atomic mass is 35.5. The van der Waals surface area contributed by atoms with Crippen LogP contribution in [0, 0.1) is 5.92 Å². The fourth-order valence-electron chi connectivity index (χ4n) is 2.48. The molecule has 0 saturated heterocycles. The van der Waals surface area contributed by atoms with Gasteiger partial charge in [0.1, 0.15) is 0 Å². The topological polar surface area (TPSA) is 109 Å². The second kappa shape index (κ2) is 7.73. The van der Waals surface area contributed by atoms with Crippen molar-refractivity contribution in [3.05, 3.63) is 53.1 Å². The Hall–Kier alpha value is -2.10. The fourth-order valence-corrected chi connectivity index (χ4v) is 4.40. The van der Waals surface area contributed by atoms with E-state index in [-0.39, 0.29) is 26.1 Å². The van der Waals surface area contributed by atoms with Crippen molar-refractivity contribution in [3.63, 3.8) is 0 Å². The van der Waals surface area contributed by atoms with E-state index in [1.165, 1.54) is 42.5 Å². The highest BCUT2D eigenvalue weighted by Gasteiger charge is 2.23. The molecule has 1 fully saturated rings. The maximum absolute atomic E-state index is 12.6. The molecule has 0 bridgehead atoms. The Balaban J connectivity index is 1.81. The molecule has 2 aromatic rings. The summed E-state index contributed by atoms with van der Waals surface area (Å²) in [7, 11) is -7.37. The summed E-state index contributed by atoms with van der Waals surface area (Å²) < 4.78 is 50.6. The first-order valence-electron chi connectivity index (χ1n) is 8.47. The van der Waals surface area contributed by atoms with E-state index in [1.54, 1.807) is 0 Å². The number of hydrogen-bond donors (Lipinski definition) is 2. The van der Waals surface area contributed by atoms with Gasteiger partial charge in [-0.1, -0.05) is 11.6 Å². The van der Waals surface area contributed by atoms with Crippen LogP contribution in [-0.2, 0) is 19.9 Å². The highest BCUT2D eigenvalue weighted by Crippen LogP contribution is 2.28. The molecule has 1 aliphatic rings. The summed E-state index contributed by atoms with van der Waals surface area (Å²) in [6.45, 7) is 0.539. The molecule has 10 heteroatoms. The van der Waals surface area contributed by atoms with Gasteiger partial charge in [-0.05, 0) is 61.2 Å². The Morgan fingerprint density at radius 3 is 2.21 bits per heavy atom. The molecule has 0 heterocycles. The summed E-state index contributed by atoms with van der Waals surface area (Å²) in [6.07, 6.45) is 3.21. The zero-order valence-electron chi connectivity index (χ0n) is 15.0. The number of anilines is 1. The van der Waals surface area contributed by atoms with E-state index < -0.39 is 25.8 Å². The van der Waals surface area contributed by atoms with Crippen LogP contribution < -0.4 is 10.0 Å². The molecule has 0 atom stereocenters. The van der Waals surface area contributed by atoms with Crippen LogP contribution in [0.5, 0.6) is 0 Å². The molecule has 0 unspecified atom stereocenters. The number of sulfone groups is 1. The van der Waals surface area contributed by atoms with Gasteiger partial charge < -0.3 is 5.32 Å². The lowest BCUT2D eigenvalue weighted by Crippen LogP contribution is -2.26. The van der Waals surface area contributed by atoms with Gasteiger partial charge in [-0.25, -0.2) is 16.8 Å². The molecule has 0 aliphatic heterocycles. The first-order valence-corrected chi connectivity index (χ1v) is 12.2. The van der Waals surface area contributed by atoms with E-state index in [1.807, 2.05) is 0 Å². The first-order chi connectivity index (χ1) is 13.1. The highest BCUT2D eigenvalue weighted by molar-refractivity contribution is 7.92. The number of hydrogen-bond acceptors (Lipinski definition) is 5. The monoisotopic (exact) mass is 442 g/mol. The van der Waals surface area contributed by atoms with Crippen molar-refractivity contribution in [2.75, 3.05) is 17.5 Å². The molecule has 1 saturated carbocycles. The maximum Gasteiger partial charge on any atom is 0.261 e. The summed E-state index contributed by atoms with van der Waals surface area (Å²) in [5.41, 5.74) is 0.278. The molecular weight excluding hydrogens is 424 g/mol. The lowest BCUT2D eigenvalue weighted by molar-refractivity contribution is 0.0951. The quantitative estimate of drug-likeness (QED) is 0.685. The molecule has 0 aromatic heterocycles. The number of nitrogens with one attached hydrogen (secondary N) is 2. The van der Waals surface area contributed by atoms with Crippen molar-refractivity contribution in [2.24, 2.45) is 5.92 Å². The van der Waals surface area contributed by atoms with Crippen molar-refractivity contribution in [2.45, 2.75) is 22.6 Å². The van der Waals surface area contributed by atoms with Crippen LogP contribution in [0.15, 0.2) is 52.3 Å². The number of carbonyl (C=O) groups excluding carboxylic acids is 1. The number of amides is 1. The van der Waals surface area contributed by atoms with Crippen LogP contribution in [-0.4, -0.2) is 35.5 Å². The third-order valence-corrected chi connectivity index (χ3v) is 7.11. The van der Waals surface area contributed by atoms with Crippen molar-refractivity contribution < 1.29 is 21.6 Å². The average Bonchev–Trinajstić information content (AvgIpc) is 3.43. The van der Waals surface area contributed by atoms with Crippen molar-refractivity contribution in [1.29, 1.82) is 0 Å². The molecule has 1 amide bonds. The van der Waals surface area contributed by atoms with E-state index in [0.29, 0.717) is 12.5 Å². The van der Waals surface area contributed by atoms with Crippen LogP contribution >= 0.6 is 11.6 Å². The Kier molecular flexibility index (Phi) is 5.69. The minimum Gasteiger partial charge on any atom is -0.352 e. The summed E-state index contributed by atoms with van der Waals surface area (Å²) in [6, 6.07) is 9.21. The lowest BCUT2D eigenvalue weighted by Gasteiger charge is -2.11. The van der Waals surface area contributed by atoms with Gasteiger partial charge in [-0.2, -0.15) is 0 Å². The van der Waals surface area contributed by atoms with Gasteiger partial charge >= 0.3 is 0 Å². The van der Waals surface area contributed by atoms with Gasteiger partial charge in [-0.3, -0.25) is 9.52 Å². The summed E-state index contributed by atoms with van der Waals surface area (Å²) in [5, 5.41) is 2.91. The Bertz CT molecular complexity index is 1110. The average molecular weight is 443 g/mol. The minimum absolute atomic E-state index is 0.0801. The molecule has 2 aromatic carbocycles. The predicted molar refractivity (Wildman–Crippen MR) is 107 cm³/mol. The number of rotatable bonds is 7. The second-order valence-corrected chi connectivity index (χ2v) is 10.8. The maximum atomic E-state index is 12.6. The summed E-state index contributed by atoms with van der Waals surface area (Å²) in [4.78, 5) is 12.3. The smallest absolute Gasteiger partial charge is 0.261 e. The summed E-state index contributed by atoms with van der Waals surface area (Å²) in [5.74, 6) is 0.0534. The number of sulfonamides is 1. The molecule has 2 N–H and O–H groups in total. The third kappa shape index (κ3) is 5.03. The van der Waals surface area contributed by atoms with Crippen LogP contribution in [0.4, 0.5) is 5.69 Å². The number of carbonyl (C=O) groups is 1. The number of benzene rings is 2. The molecule has 7 nitrogen and oxygen atoms in total. The van der Waals surface area contributed by atoms with Gasteiger partial charge in [0, 0.05) is 18.5 Å². The van der Waals surface area contributed by atoms with Crippen LogP contribution in [0.25, 0.3) is 0 Å². The molecular formula is C18H19ClN2O5S2. The van der Waals surface area contributed by atoms with E-state index in [9.17, 15) is 21.6 Å². The van der Waals surface area contributed by atoms with E-state index in [0.717, 1.165) is 19.1 Å². The molecule has 3 rings (SSSR count). The van der Waals surface area contributed by atoms with Crippen molar-refractivity contribution >= 4 is 43.1 Å². The van der Waals surface area contributed by atoms with E-state index >= 15 is 0 Å². The zero-order valence-corrected chi connectivity index (χ0v) is 17.4. The largest absolute Gasteiger partial charge is 0.352 e. The Labute approximate surface area is 169 Å². The van der Waals surface area contributed by atoms with Crippen LogP contribution in [0.1, 0.15) is 23.2 Å². The predicted octanol–water partition coefficient (Wildman–Crippen LogP) is 2.68. The van der Waals surface area contributed by atoms with Gasteiger partial charge in [0.25, 0.3) is 15.9 Å². The van der Waals surface area contributed by atoms with Gasteiger partial charge in [0.15, 0.2) is 9.84 Å². The van der Waals surface area contributed by atoms with Crippen LogP contribution in [0.3, 0.4) is 0 Å². The Morgan fingerprint density at radius 1 is 1.04 bits per heavy atom. The standard InChI is InChI=1S/C18H19ClN2O5S2/c1-27(23,24)14-6-4-13(5-7-14)21-28(25,26)15-8-9-17(19)16(10-15)18(22)20-11-12-2-3-12/h4-10,12,21H,2-3,11H2,1H3,(H,20,22). The molecule has 0 radical (unpaired) electrons. The normalized spacial score (nSPS) is 14.5. The minimum atomic E-state index is -3.99. The number of halogens is 1. The molecule has 1 aliphatic carbocycles. The second-order valence-electron chi connectivity index (χ2n) is 6.70. The SMILES string of the molecule is CS(=O)(=O)c1ccc(NS(=O)(=O)c2ccc(Cl)c(C(=O)NCC3CC3)c2)cc1. The third-order valence-electron chi connectivity index (χ3n) is 4.28. The van der Waals surface area contributed by atoms with Gasteiger partial charge in [0.2, 0.25) is 0 Å². The summed E-state index contributed by atoms with van der Waals surface area (Å²) >= 11 is 6.06.